The number of hydrogen-bond donors (Lipinski definition) is 0. The smallest absolute Gasteiger partial charge is 0.0409 e. The molecule has 0 spiro atoms. The van der Waals surface area contributed by atoms with E-state index in [1.54, 1.807) is 0 Å². The first-order valence-electron chi connectivity index (χ1n) is 8.58. The van der Waals surface area contributed by atoms with E-state index in [9.17, 15) is 0 Å². The Morgan fingerprint density at radius 2 is 1.30 bits per heavy atom. The minimum absolute atomic E-state index is 0.881. The summed E-state index contributed by atoms with van der Waals surface area (Å²) in [6, 6.07) is 4.52. The maximum Gasteiger partial charge on any atom is 0.0409 e. The fraction of sp³-hybridized carbons (Fsp3) is 0.684. The summed E-state index contributed by atoms with van der Waals surface area (Å²) in [7, 11) is 0. The van der Waals surface area contributed by atoms with Gasteiger partial charge in [0.05, 0.1) is 0 Å². The van der Waals surface area contributed by atoms with Gasteiger partial charge in [-0.2, -0.15) is 0 Å². The molecule has 0 N–H and O–H groups in total. The quantitative estimate of drug-likeness (QED) is 0.471. The highest BCUT2D eigenvalue weighted by molar-refractivity contribution is 5.22. The first kappa shape index (κ1) is 17.2. The molecule has 0 saturated carbocycles. The lowest BCUT2D eigenvalue weighted by atomic mass is 10.0. The van der Waals surface area contributed by atoms with Crippen molar-refractivity contribution in [2.75, 3.05) is 0 Å². The summed E-state index contributed by atoms with van der Waals surface area (Å²) in [5.41, 5.74) is 3.93. The normalized spacial score (nSPS) is 10.9. The summed E-state index contributed by atoms with van der Waals surface area (Å²) < 4.78 is 0. The van der Waals surface area contributed by atoms with Crippen LogP contribution in [0.1, 0.15) is 82.2 Å². The molecule has 0 aliphatic rings. The van der Waals surface area contributed by atoms with Crippen LogP contribution in [0.5, 0.6) is 0 Å². The zero-order valence-electron chi connectivity index (χ0n) is 13.6. The van der Waals surface area contributed by atoms with E-state index in [2.05, 4.69) is 32.9 Å². The maximum atomic E-state index is 4.85. The van der Waals surface area contributed by atoms with Gasteiger partial charge in [0.15, 0.2) is 0 Å². The first-order valence-corrected chi connectivity index (χ1v) is 8.58. The highest BCUT2D eigenvalue weighted by atomic mass is 14.7. The van der Waals surface area contributed by atoms with Gasteiger partial charge in [0.25, 0.3) is 0 Å². The minimum Gasteiger partial charge on any atom is -0.258 e. The molecule has 1 aromatic heterocycles. The number of hydrogen-bond acceptors (Lipinski definition) is 1. The molecular formula is C19H32N. The van der Waals surface area contributed by atoms with Crippen molar-refractivity contribution in [3.8, 4) is 0 Å². The molecule has 1 rings (SSSR count). The van der Waals surface area contributed by atoms with Gasteiger partial charge in [-0.05, 0) is 56.7 Å². The molecule has 0 aliphatic carbocycles. The molecule has 0 amide bonds. The van der Waals surface area contributed by atoms with Gasteiger partial charge in [0.2, 0.25) is 0 Å². The SMILES string of the molecule is [CH2]Cc1cc(CCCCCC)nc(CCCCCC)c1. The maximum absolute atomic E-state index is 4.85. The molecule has 1 radical (unpaired) electrons. The van der Waals surface area contributed by atoms with E-state index in [4.69, 9.17) is 4.98 Å². The molecule has 0 fully saturated rings. The fourth-order valence-electron chi connectivity index (χ4n) is 2.58. The summed E-state index contributed by atoms with van der Waals surface area (Å²) in [5, 5.41) is 0. The molecule has 0 aromatic carbocycles. The number of aryl methyl sites for hydroxylation is 2. The summed E-state index contributed by atoms with van der Waals surface area (Å²) in [4.78, 5) is 4.85. The molecule has 0 unspecified atom stereocenters. The molecule has 0 saturated heterocycles. The van der Waals surface area contributed by atoms with Crippen LogP contribution in [0.15, 0.2) is 12.1 Å². The average Bonchev–Trinajstić information content (AvgIpc) is 2.48. The average molecular weight is 274 g/mol. The van der Waals surface area contributed by atoms with E-state index in [1.807, 2.05) is 0 Å². The topological polar surface area (TPSA) is 12.9 Å². The van der Waals surface area contributed by atoms with Gasteiger partial charge in [-0.25, -0.2) is 0 Å². The van der Waals surface area contributed by atoms with Crippen LogP contribution in [0.25, 0.3) is 0 Å². The van der Waals surface area contributed by atoms with Gasteiger partial charge >= 0.3 is 0 Å². The number of rotatable bonds is 11. The highest BCUT2D eigenvalue weighted by Gasteiger charge is 2.03. The van der Waals surface area contributed by atoms with Crippen LogP contribution in [0.2, 0.25) is 0 Å². The predicted octanol–water partition coefficient (Wildman–Crippen LogP) is 5.70. The molecule has 1 heteroatoms. The zero-order chi connectivity index (χ0) is 14.6. The van der Waals surface area contributed by atoms with Crippen LogP contribution in [-0.2, 0) is 19.3 Å². The summed E-state index contributed by atoms with van der Waals surface area (Å²) in [5.74, 6) is 0. The van der Waals surface area contributed by atoms with E-state index in [0.29, 0.717) is 0 Å². The van der Waals surface area contributed by atoms with Crippen molar-refractivity contribution in [2.24, 2.45) is 0 Å². The monoisotopic (exact) mass is 274 g/mol. The fourth-order valence-corrected chi connectivity index (χ4v) is 2.58. The van der Waals surface area contributed by atoms with E-state index >= 15 is 0 Å². The molecule has 1 nitrogen and oxygen atoms in total. The lowest BCUT2D eigenvalue weighted by molar-refractivity contribution is 0.647. The van der Waals surface area contributed by atoms with Crippen molar-refractivity contribution in [2.45, 2.75) is 84.5 Å². The largest absolute Gasteiger partial charge is 0.258 e. The highest BCUT2D eigenvalue weighted by Crippen LogP contribution is 2.13. The Morgan fingerprint density at radius 3 is 1.70 bits per heavy atom. The second-order valence-electron chi connectivity index (χ2n) is 5.83. The second kappa shape index (κ2) is 10.9. The third-order valence-corrected chi connectivity index (χ3v) is 3.85. The lowest BCUT2D eigenvalue weighted by Gasteiger charge is -2.08. The van der Waals surface area contributed by atoms with Gasteiger partial charge in [0, 0.05) is 11.4 Å². The Bertz CT molecular complexity index is 327. The summed E-state index contributed by atoms with van der Waals surface area (Å²) >= 11 is 0. The van der Waals surface area contributed by atoms with Gasteiger partial charge < -0.3 is 0 Å². The number of nitrogens with zero attached hydrogens (tertiary/aromatic N) is 1. The first-order chi connectivity index (χ1) is 9.80. The van der Waals surface area contributed by atoms with Crippen LogP contribution in [0, 0.1) is 6.92 Å². The Hall–Kier alpha value is -0.850. The molecule has 0 bridgehead atoms. The molecule has 20 heavy (non-hydrogen) atoms. The van der Waals surface area contributed by atoms with Gasteiger partial charge in [-0.15, -0.1) is 0 Å². The van der Waals surface area contributed by atoms with Crippen molar-refractivity contribution in [1.82, 2.24) is 4.98 Å². The van der Waals surface area contributed by atoms with Crippen LogP contribution >= 0.6 is 0 Å². The van der Waals surface area contributed by atoms with Gasteiger partial charge in [-0.3, -0.25) is 4.98 Å². The molecule has 1 heterocycles. The molecular weight excluding hydrogens is 242 g/mol. The number of aromatic nitrogens is 1. The van der Waals surface area contributed by atoms with Gasteiger partial charge in [0.1, 0.15) is 0 Å². The van der Waals surface area contributed by atoms with E-state index < -0.39 is 0 Å². The zero-order valence-corrected chi connectivity index (χ0v) is 13.6. The second-order valence-corrected chi connectivity index (χ2v) is 5.83. The van der Waals surface area contributed by atoms with Crippen molar-refractivity contribution in [3.63, 3.8) is 0 Å². The molecule has 113 valence electrons. The van der Waals surface area contributed by atoms with E-state index in [1.165, 1.54) is 68.3 Å². The van der Waals surface area contributed by atoms with Crippen molar-refractivity contribution in [1.29, 1.82) is 0 Å². The van der Waals surface area contributed by atoms with E-state index in [-0.39, 0.29) is 0 Å². The molecule has 0 aliphatic heterocycles. The van der Waals surface area contributed by atoms with E-state index in [0.717, 1.165) is 19.3 Å². The van der Waals surface area contributed by atoms with Gasteiger partial charge in [-0.1, -0.05) is 52.4 Å². The van der Waals surface area contributed by atoms with Crippen LogP contribution in [-0.4, -0.2) is 4.98 Å². The van der Waals surface area contributed by atoms with Crippen LogP contribution < -0.4 is 0 Å². The number of unbranched alkanes of at least 4 members (excludes halogenated alkanes) is 6. The summed E-state index contributed by atoms with van der Waals surface area (Å²) in [6.45, 7) is 8.55. The van der Waals surface area contributed by atoms with Crippen molar-refractivity contribution in [3.05, 3.63) is 36.0 Å². The lowest BCUT2D eigenvalue weighted by Crippen LogP contribution is -1.99. The standard InChI is InChI=1S/C19H32N/c1-4-7-9-11-13-18-15-17(6-3)16-19(20-18)14-12-10-8-5-2/h15-16H,3-14H2,1-2H3. The third-order valence-electron chi connectivity index (χ3n) is 3.85. The van der Waals surface area contributed by atoms with Crippen LogP contribution in [0.4, 0.5) is 0 Å². The third kappa shape index (κ3) is 7.07. The molecule has 1 aromatic rings. The Kier molecular flexibility index (Phi) is 9.36. The predicted molar refractivity (Wildman–Crippen MR) is 89.0 cm³/mol. The summed E-state index contributed by atoms with van der Waals surface area (Å²) in [6.07, 6.45) is 13.7. The Balaban J connectivity index is 2.51. The Morgan fingerprint density at radius 1 is 0.800 bits per heavy atom. The van der Waals surface area contributed by atoms with Crippen molar-refractivity contribution < 1.29 is 0 Å². The Labute approximate surface area is 126 Å². The number of pyridine rings is 1. The minimum atomic E-state index is 0.881. The molecule has 0 atom stereocenters. The van der Waals surface area contributed by atoms with Crippen molar-refractivity contribution >= 4 is 0 Å². The van der Waals surface area contributed by atoms with Crippen LogP contribution in [0.3, 0.4) is 0 Å².